The summed E-state index contributed by atoms with van der Waals surface area (Å²) in [5.74, 6) is -0.0330. The van der Waals surface area contributed by atoms with Crippen LogP contribution in [0.4, 0.5) is 0 Å². The molecule has 1 aliphatic rings. The van der Waals surface area contributed by atoms with Crippen LogP contribution in [0.25, 0.3) is 0 Å². The maximum Gasteiger partial charge on any atom is 0.257 e. The number of hydrogen-bond acceptors (Lipinski definition) is 5. The molecule has 8 heteroatoms. The number of amides is 1. The van der Waals surface area contributed by atoms with Crippen molar-refractivity contribution in [3.63, 3.8) is 0 Å². The van der Waals surface area contributed by atoms with E-state index < -0.39 is 9.84 Å². The minimum absolute atomic E-state index is 0.0401. The van der Waals surface area contributed by atoms with E-state index >= 15 is 0 Å². The van der Waals surface area contributed by atoms with Crippen molar-refractivity contribution in [2.75, 3.05) is 24.7 Å². The van der Waals surface area contributed by atoms with E-state index in [1.807, 2.05) is 0 Å². The van der Waals surface area contributed by atoms with E-state index in [1.54, 1.807) is 6.92 Å². The molecular formula is C13H18N2O5S. The van der Waals surface area contributed by atoms with Crippen LogP contribution in [0.3, 0.4) is 0 Å². The summed E-state index contributed by atoms with van der Waals surface area (Å²) in [4.78, 5) is 26.0. The van der Waals surface area contributed by atoms with E-state index in [2.05, 4.69) is 10.3 Å². The smallest absolute Gasteiger partial charge is 0.257 e. The molecule has 2 heterocycles. The van der Waals surface area contributed by atoms with E-state index in [-0.39, 0.29) is 41.1 Å². The van der Waals surface area contributed by atoms with Gasteiger partial charge in [0.1, 0.15) is 0 Å². The van der Waals surface area contributed by atoms with Gasteiger partial charge in [0, 0.05) is 24.5 Å². The number of ether oxygens (including phenoxy) is 1. The topological polar surface area (TPSA) is 105 Å². The van der Waals surface area contributed by atoms with Crippen LogP contribution in [-0.2, 0) is 14.6 Å². The third-order valence-corrected chi connectivity index (χ3v) is 5.13. The molecular weight excluding hydrogens is 296 g/mol. The molecule has 1 fully saturated rings. The first kappa shape index (κ1) is 15.6. The van der Waals surface area contributed by atoms with Gasteiger partial charge < -0.3 is 15.0 Å². The van der Waals surface area contributed by atoms with Crippen LogP contribution in [0.15, 0.2) is 17.1 Å². The largest absolute Gasteiger partial charge is 0.478 e. The van der Waals surface area contributed by atoms with Gasteiger partial charge in [-0.05, 0) is 19.3 Å². The lowest BCUT2D eigenvalue weighted by atomic mass is 10.1. The number of aromatic amines is 1. The predicted molar refractivity (Wildman–Crippen MR) is 77.1 cm³/mol. The maximum absolute atomic E-state index is 11.6. The highest BCUT2D eigenvalue weighted by molar-refractivity contribution is 7.91. The molecule has 1 amide bonds. The Hall–Kier alpha value is -1.83. The molecule has 0 unspecified atom stereocenters. The molecule has 21 heavy (non-hydrogen) atoms. The van der Waals surface area contributed by atoms with Gasteiger partial charge in [0.15, 0.2) is 22.2 Å². The zero-order chi connectivity index (χ0) is 15.5. The van der Waals surface area contributed by atoms with Crippen molar-refractivity contribution in [1.82, 2.24) is 10.3 Å². The number of pyridine rings is 1. The molecule has 0 spiro atoms. The molecule has 1 atom stereocenters. The van der Waals surface area contributed by atoms with Crippen molar-refractivity contribution >= 4 is 15.7 Å². The molecule has 0 saturated carbocycles. The molecule has 0 aromatic carbocycles. The highest BCUT2D eigenvalue weighted by Gasteiger charge is 2.27. The Morgan fingerprint density at radius 1 is 1.52 bits per heavy atom. The van der Waals surface area contributed by atoms with Crippen LogP contribution in [0.5, 0.6) is 5.75 Å². The molecule has 1 aromatic rings. The Labute approximate surface area is 122 Å². The van der Waals surface area contributed by atoms with Gasteiger partial charge in [-0.25, -0.2) is 8.42 Å². The van der Waals surface area contributed by atoms with Crippen molar-refractivity contribution in [3.8, 4) is 5.75 Å². The van der Waals surface area contributed by atoms with Crippen molar-refractivity contribution in [1.29, 1.82) is 0 Å². The monoisotopic (exact) mass is 314 g/mol. The minimum Gasteiger partial charge on any atom is -0.478 e. The molecule has 116 valence electrons. The average molecular weight is 314 g/mol. The minimum atomic E-state index is -2.94. The van der Waals surface area contributed by atoms with Gasteiger partial charge in [-0.2, -0.15) is 0 Å². The molecule has 1 saturated heterocycles. The van der Waals surface area contributed by atoms with Crippen LogP contribution in [-0.4, -0.2) is 44.0 Å². The molecule has 0 bridgehead atoms. The Morgan fingerprint density at radius 3 is 2.90 bits per heavy atom. The Kier molecular flexibility index (Phi) is 4.66. The van der Waals surface area contributed by atoms with Crippen LogP contribution in [0, 0.1) is 12.8 Å². The average Bonchev–Trinajstić information content (AvgIpc) is 2.75. The highest BCUT2D eigenvalue weighted by atomic mass is 32.2. The van der Waals surface area contributed by atoms with Gasteiger partial charge in [0.25, 0.3) is 5.91 Å². The number of H-pyrrole nitrogens is 1. The Bertz CT molecular complexity index is 680. The summed E-state index contributed by atoms with van der Waals surface area (Å²) in [6.07, 6.45) is 1.98. The lowest BCUT2D eigenvalue weighted by Gasteiger charge is -2.10. The lowest BCUT2D eigenvalue weighted by Crippen LogP contribution is -2.34. The second-order valence-electron chi connectivity index (χ2n) is 5.21. The fourth-order valence-corrected chi connectivity index (χ4v) is 4.02. The summed E-state index contributed by atoms with van der Waals surface area (Å²) < 4.78 is 27.7. The Morgan fingerprint density at radius 2 is 2.29 bits per heavy atom. The maximum atomic E-state index is 11.6. The number of hydrogen-bond donors (Lipinski definition) is 2. The van der Waals surface area contributed by atoms with Gasteiger partial charge in [0.2, 0.25) is 5.43 Å². The number of carbonyl (C=O) groups is 1. The third kappa shape index (κ3) is 4.59. The molecule has 2 N–H and O–H groups in total. The fourth-order valence-electron chi connectivity index (χ4n) is 2.16. The van der Waals surface area contributed by atoms with E-state index in [4.69, 9.17) is 4.74 Å². The van der Waals surface area contributed by atoms with E-state index in [0.29, 0.717) is 18.7 Å². The van der Waals surface area contributed by atoms with Crippen LogP contribution >= 0.6 is 0 Å². The highest BCUT2D eigenvalue weighted by Crippen LogP contribution is 2.17. The first-order chi connectivity index (χ1) is 9.85. The summed E-state index contributed by atoms with van der Waals surface area (Å²) in [5, 5.41) is 2.62. The van der Waals surface area contributed by atoms with Gasteiger partial charge in [-0.1, -0.05) is 0 Å². The molecule has 7 nitrogen and oxygen atoms in total. The summed E-state index contributed by atoms with van der Waals surface area (Å²) in [6.45, 7) is 1.78. The van der Waals surface area contributed by atoms with E-state index in [0.717, 1.165) is 0 Å². The fraction of sp³-hybridized carbons (Fsp3) is 0.538. The molecule has 0 radical (unpaired) electrons. The number of rotatable bonds is 5. The zero-order valence-electron chi connectivity index (χ0n) is 11.7. The normalized spacial score (nSPS) is 20.1. The number of aryl methyl sites for hydroxylation is 1. The first-order valence-corrected chi connectivity index (χ1v) is 8.47. The molecule has 1 aromatic heterocycles. The van der Waals surface area contributed by atoms with Gasteiger partial charge in [-0.15, -0.1) is 0 Å². The molecule has 0 aliphatic carbocycles. The van der Waals surface area contributed by atoms with Gasteiger partial charge in [-0.3, -0.25) is 9.59 Å². The molecule has 1 aliphatic heterocycles. The zero-order valence-corrected chi connectivity index (χ0v) is 12.5. The van der Waals surface area contributed by atoms with Crippen molar-refractivity contribution < 1.29 is 17.9 Å². The number of nitrogens with one attached hydrogen (secondary N) is 2. The second kappa shape index (κ2) is 6.30. The van der Waals surface area contributed by atoms with E-state index in [9.17, 15) is 18.0 Å². The number of sulfone groups is 1. The summed E-state index contributed by atoms with van der Waals surface area (Å²) in [6, 6.07) is 1.39. The van der Waals surface area contributed by atoms with Crippen molar-refractivity contribution in [3.05, 3.63) is 28.2 Å². The lowest BCUT2D eigenvalue weighted by molar-refractivity contribution is -0.123. The van der Waals surface area contributed by atoms with Gasteiger partial charge >= 0.3 is 0 Å². The summed E-state index contributed by atoms with van der Waals surface area (Å²) >= 11 is 0. The first-order valence-electron chi connectivity index (χ1n) is 6.65. The molecule has 2 rings (SSSR count). The van der Waals surface area contributed by atoms with Crippen molar-refractivity contribution in [2.45, 2.75) is 13.3 Å². The predicted octanol–water partition coefficient (Wildman–Crippen LogP) is -0.387. The standard InChI is InChI=1S/C13H18N2O5S/c1-9-4-11(16)12(6-14-9)20-7-13(17)15-5-10-2-3-21(18,19)8-10/h4,6,10H,2-3,5,7-8H2,1H3,(H,14,16)(H,15,17)/t10-/m1/s1. The van der Waals surface area contributed by atoms with Crippen LogP contribution in [0.2, 0.25) is 0 Å². The quantitative estimate of drug-likeness (QED) is 0.770. The van der Waals surface area contributed by atoms with Crippen LogP contribution < -0.4 is 15.5 Å². The Balaban J connectivity index is 1.76. The second-order valence-corrected chi connectivity index (χ2v) is 7.44. The van der Waals surface area contributed by atoms with E-state index in [1.165, 1.54) is 12.3 Å². The summed E-state index contributed by atoms with van der Waals surface area (Å²) in [7, 11) is -2.94. The van der Waals surface area contributed by atoms with Crippen molar-refractivity contribution in [2.24, 2.45) is 5.92 Å². The van der Waals surface area contributed by atoms with Gasteiger partial charge in [0.05, 0.1) is 11.5 Å². The summed E-state index contributed by atoms with van der Waals surface area (Å²) in [5.41, 5.74) is 0.417. The number of carbonyl (C=O) groups excluding carboxylic acids is 1. The SMILES string of the molecule is Cc1cc(=O)c(OCC(=O)NC[C@H]2CCS(=O)(=O)C2)c[nH]1. The number of aromatic nitrogens is 1. The van der Waals surface area contributed by atoms with Crippen LogP contribution in [0.1, 0.15) is 12.1 Å². The third-order valence-electron chi connectivity index (χ3n) is 3.29.